The fraction of sp³-hybridized carbons (Fsp3) is 0.409. The van der Waals surface area contributed by atoms with Crippen molar-refractivity contribution in [1.29, 1.82) is 0 Å². The lowest BCUT2D eigenvalue weighted by Gasteiger charge is -2.25. The quantitative estimate of drug-likeness (QED) is 0.699. The van der Waals surface area contributed by atoms with E-state index in [4.69, 9.17) is 23.7 Å². The highest BCUT2D eigenvalue weighted by molar-refractivity contribution is 5.70. The van der Waals surface area contributed by atoms with E-state index in [1.807, 2.05) is 30.3 Å². The Morgan fingerprint density at radius 2 is 1.55 bits per heavy atom. The average molecular weight is 401 g/mol. The Bertz CT molecular complexity index is 882. The number of carbonyl (C=O) groups excluding carboxylic acids is 1. The van der Waals surface area contributed by atoms with Gasteiger partial charge in [-0.05, 0) is 54.3 Å². The second-order valence-electron chi connectivity index (χ2n) is 6.64. The van der Waals surface area contributed by atoms with Crippen LogP contribution in [0.1, 0.15) is 29.7 Å². The van der Waals surface area contributed by atoms with Gasteiger partial charge in [0.25, 0.3) is 0 Å². The van der Waals surface area contributed by atoms with Crippen molar-refractivity contribution in [3.63, 3.8) is 0 Å². The standard InChI is InChI=1S/C22H27NO6/c1-6-29-22(24)23-13-15-11-20(27-4)21(28-5)12-16(15)17(23)9-14-7-8-18(25-2)19(10-14)26-3/h7-8,10-12,17H,6,9,13H2,1-5H3. The zero-order valence-electron chi connectivity index (χ0n) is 17.5. The van der Waals surface area contributed by atoms with E-state index < -0.39 is 0 Å². The van der Waals surface area contributed by atoms with Gasteiger partial charge in [-0.1, -0.05) is 6.07 Å². The molecule has 2 aromatic carbocycles. The summed E-state index contributed by atoms with van der Waals surface area (Å²) in [4.78, 5) is 14.4. The lowest BCUT2D eigenvalue weighted by molar-refractivity contribution is 0.0931. The van der Waals surface area contributed by atoms with E-state index >= 15 is 0 Å². The number of ether oxygens (including phenoxy) is 5. The lowest BCUT2D eigenvalue weighted by atomic mass is 9.97. The van der Waals surface area contributed by atoms with Crippen molar-refractivity contribution < 1.29 is 28.5 Å². The Morgan fingerprint density at radius 1 is 0.931 bits per heavy atom. The summed E-state index contributed by atoms with van der Waals surface area (Å²) in [6.07, 6.45) is 0.258. The molecule has 3 rings (SSSR count). The average Bonchev–Trinajstić information content (AvgIpc) is 3.09. The summed E-state index contributed by atoms with van der Waals surface area (Å²) >= 11 is 0. The zero-order chi connectivity index (χ0) is 21.0. The van der Waals surface area contributed by atoms with Gasteiger partial charge in [-0.3, -0.25) is 4.90 Å². The molecule has 1 heterocycles. The van der Waals surface area contributed by atoms with E-state index in [1.165, 1.54) is 0 Å². The number of carbonyl (C=O) groups is 1. The summed E-state index contributed by atoms with van der Waals surface area (Å²) in [5, 5.41) is 0. The topological polar surface area (TPSA) is 66.5 Å². The van der Waals surface area contributed by atoms with Gasteiger partial charge in [-0.15, -0.1) is 0 Å². The molecule has 0 saturated carbocycles. The third-order valence-electron chi connectivity index (χ3n) is 5.10. The van der Waals surface area contributed by atoms with Crippen LogP contribution in [0.3, 0.4) is 0 Å². The van der Waals surface area contributed by atoms with Crippen LogP contribution in [0, 0.1) is 0 Å². The molecule has 29 heavy (non-hydrogen) atoms. The van der Waals surface area contributed by atoms with Crippen LogP contribution in [0.2, 0.25) is 0 Å². The largest absolute Gasteiger partial charge is 0.493 e. The molecule has 7 nitrogen and oxygen atoms in total. The molecule has 7 heteroatoms. The van der Waals surface area contributed by atoms with E-state index in [9.17, 15) is 4.79 Å². The maximum atomic E-state index is 12.6. The van der Waals surface area contributed by atoms with Crippen molar-refractivity contribution in [1.82, 2.24) is 4.90 Å². The van der Waals surface area contributed by atoms with Gasteiger partial charge in [0.15, 0.2) is 23.0 Å². The van der Waals surface area contributed by atoms with Crippen LogP contribution in [-0.4, -0.2) is 46.0 Å². The van der Waals surface area contributed by atoms with Gasteiger partial charge in [0.05, 0.1) is 47.6 Å². The Labute approximate surface area is 171 Å². The minimum Gasteiger partial charge on any atom is -0.493 e. The molecule has 0 bridgehead atoms. The number of benzene rings is 2. The fourth-order valence-corrected chi connectivity index (χ4v) is 3.69. The molecule has 1 aliphatic rings. The molecular formula is C22H27NO6. The third-order valence-corrected chi connectivity index (χ3v) is 5.10. The highest BCUT2D eigenvalue weighted by atomic mass is 16.6. The first-order chi connectivity index (χ1) is 14.1. The summed E-state index contributed by atoms with van der Waals surface area (Å²) < 4.78 is 26.9. The molecule has 0 fully saturated rings. The van der Waals surface area contributed by atoms with Gasteiger partial charge in [0.1, 0.15) is 0 Å². The van der Waals surface area contributed by atoms with E-state index in [0.717, 1.165) is 16.7 Å². The minimum atomic E-state index is -0.341. The van der Waals surface area contributed by atoms with Crippen LogP contribution in [0.25, 0.3) is 0 Å². The number of methoxy groups -OCH3 is 4. The molecule has 1 atom stereocenters. The molecular weight excluding hydrogens is 374 g/mol. The molecule has 1 unspecified atom stereocenters. The Kier molecular flexibility index (Phi) is 6.36. The molecule has 0 aliphatic carbocycles. The van der Waals surface area contributed by atoms with Gasteiger partial charge >= 0.3 is 6.09 Å². The summed E-state index contributed by atoms with van der Waals surface area (Å²) in [5.74, 6) is 2.59. The maximum Gasteiger partial charge on any atom is 0.410 e. The lowest BCUT2D eigenvalue weighted by Crippen LogP contribution is -2.31. The highest BCUT2D eigenvalue weighted by Crippen LogP contribution is 2.43. The highest BCUT2D eigenvalue weighted by Gasteiger charge is 2.36. The number of rotatable bonds is 7. The van der Waals surface area contributed by atoms with Crippen LogP contribution in [-0.2, 0) is 17.7 Å². The van der Waals surface area contributed by atoms with Crippen molar-refractivity contribution in [2.75, 3.05) is 35.0 Å². The molecule has 0 saturated heterocycles. The van der Waals surface area contributed by atoms with E-state index in [2.05, 4.69) is 0 Å². The number of hydrogen-bond donors (Lipinski definition) is 0. The van der Waals surface area contributed by atoms with Gasteiger partial charge in [-0.25, -0.2) is 4.79 Å². The number of nitrogens with zero attached hydrogens (tertiary/aromatic N) is 1. The van der Waals surface area contributed by atoms with Crippen molar-refractivity contribution in [3.05, 3.63) is 47.0 Å². The monoisotopic (exact) mass is 401 g/mol. The minimum absolute atomic E-state index is 0.193. The summed E-state index contributed by atoms with van der Waals surface area (Å²) in [5.41, 5.74) is 3.05. The fourth-order valence-electron chi connectivity index (χ4n) is 3.69. The van der Waals surface area contributed by atoms with Gasteiger partial charge in [0, 0.05) is 0 Å². The molecule has 0 N–H and O–H groups in total. The molecule has 1 amide bonds. The molecule has 0 spiro atoms. The van der Waals surface area contributed by atoms with E-state index in [-0.39, 0.29) is 12.1 Å². The maximum absolute atomic E-state index is 12.6. The van der Waals surface area contributed by atoms with Crippen molar-refractivity contribution in [2.24, 2.45) is 0 Å². The van der Waals surface area contributed by atoms with Crippen LogP contribution in [0.5, 0.6) is 23.0 Å². The molecule has 1 aliphatic heterocycles. The predicted octanol–water partition coefficient (Wildman–Crippen LogP) is 3.98. The summed E-state index contributed by atoms with van der Waals surface area (Å²) in [6, 6.07) is 9.45. The van der Waals surface area contributed by atoms with E-state index in [0.29, 0.717) is 42.6 Å². The second kappa shape index (κ2) is 8.94. The number of fused-ring (bicyclic) bond motifs is 1. The SMILES string of the molecule is CCOC(=O)N1Cc2cc(OC)c(OC)cc2C1Cc1ccc(OC)c(OC)c1. The van der Waals surface area contributed by atoms with Gasteiger partial charge in [0.2, 0.25) is 0 Å². The molecule has 0 radical (unpaired) electrons. The first-order valence-electron chi connectivity index (χ1n) is 9.45. The zero-order valence-corrected chi connectivity index (χ0v) is 17.5. The second-order valence-corrected chi connectivity index (χ2v) is 6.64. The number of amides is 1. The van der Waals surface area contributed by atoms with E-state index in [1.54, 1.807) is 40.3 Å². The van der Waals surface area contributed by atoms with Crippen LogP contribution in [0.15, 0.2) is 30.3 Å². The summed E-state index contributed by atoms with van der Waals surface area (Å²) in [7, 11) is 6.41. The Balaban J connectivity index is 2.00. The van der Waals surface area contributed by atoms with Crippen LogP contribution in [0.4, 0.5) is 4.79 Å². The first kappa shape index (κ1) is 20.6. The molecule has 2 aromatic rings. The Morgan fingerprint density at radius 3 is 2.17 bits per heavy atom. The molecule has 0 aromatic heterocycles. The predicted molar refractivity (Wildman–Crippen MR) is 108 cm³/mol. The van der Waals surface area contributed by atoms with Crippen molar-refractivity contribution in [2.45, 2.75) is 25.9 Å². The first-order valence-corrected chi connectivity index (χ1v) is 9.45. The van der Waals surface area contributed by atoms with Gasteiger partial charge < -0.3 is 23.7 Å². The third kappa shape index (κ3) is 4.04. The summed E-state index contributed by atoms with van der Waals surface area (Å²) in [6.45, 7) is 2.57. The van der Waals surface area contributed by atoms with Crippen LogP contribution >= 0.6 is 0 Å². The normalized spacial score (nSPS) is 14.9. The van der Waals surface area contributed by atoms with Gasteiger partial charge in [-0.2, -0.15) is 0 Å². The number of hydrogen-bond acceptors (Lipinski definition) is 6. The molecule has 156 valence electrons. The Hall–Kier alpha value is -3.09. The van der Waals surface area contributed by atoms with Crippen molar-refractivity contribution in [3.8, 4) is 23.0 Å². The van der Waals surface area contributed by atoms with Crippen molar-refractivity contribution >= 4 is 6.09 Å². The smallest absolute Gasteiger partial charge is 0.410 e. The van der Waals surface area contributed by atoms with Crippen LogP contribution < -0.4 is 18.9 Å².